The van der Waals surface area contributed by atoms with Gasteiger partial charge in [-0.05, 0) is 19.4 Å². The number of benzene rings is 1. The van der Waals surface area contributed by atoms with E-state index < -0.39 is 7.60 Å². The fourth-order valence-electron chi connectivity index (χ4n) is 1.33. The van der Waals surface area contributed by atoms with Crippen LogP contribution in [-0.4, -0.2) is 32.1 Å². The van der Waals surface area contributed by atoms with E-state index >= 15 is 0 Å². The van der Waals surface area contributed by atoms with Gasteiger partial charge in [0.2, 0.25) is 0 Å². The van der Waals surface area contributed by atoms with Gasteiger partial charge in [-0.2, -0.15) is 0 Å². The van der Waals surface area contributed by atoms with E-state index in [2.05, 4.69) is 0 Å². The molecule has 0 amide bonds. The molecule has 0 N–H and O–H groups in total. The molecule has 0 aromatic heterocycles. The third-order valence-corrected chi connectivity index (χ3v) is 3.93. The van der Waals surface area contributed by atoms with Crippen molar-refractivity contribution in [2.24, 2.45) is 0 Å². The van der Waals surface area contributed by atoms with Gasteiger partial charge in [-0.1, -0.05) is 30.3 Å². The molecule has 86 valence electrons. The summed E-state index contributed by atoms with van der Waals surface area (Å²) in [5.41, 5.74) is 0.975. The molecule has 0 fully saturated rings. The molecule has 0 saturated carbocycles. The van der Waals surface area contributed by atoms with Crippen LogP contribution in [0.4, 0.5) is 0 Å². The molecule has 0 heterocycles. The fraction of sp³-hybridized carbons (Fsp3) is 0.455. The molecule has 0 atom stereocenters. The fourth-order valence-corrected chi connectivity index (χ4v) is 3.03. The van der Waals surface area contributed by atoms with Gasteiger partial charge in [0.25, 0.3) is 0 Å². The van der Waals surface area contributed by atoms with E-state index in [0.717, 1.165) is 5.56 Å². The van der Waals surface area contributed by atoms with Crippen molar-refractivity contribution in [3.05, 3.63) is 35.9 Å². The summed E-state index contributed by atoms with van der Waals surface area (Å²) in [5, 5.41) is 0. The third kappa shape index (κ3) is 5.34. The average Bonchev–Trinajstić information content (AvgIpc) is 2.19. The number of rotatable bonds is 6. The molecular weight excluding hydrogens is 218 g/mol. The van der Waals surface area contributed by atoms with Crippen molar-refractivity contribution >= 4 is 26.5 Å². The Labute approximate surface area is 109 Å². The summed E-state index contributed by atoms with van der Waals surface area (Å²) in [6.07, 6.45) is 0.343. The Balaban J connectivity index is 0.00000225. The van der Waals surface area contributed by atoms with Crippen molar-refractivity contribution in [3.8, 4) is 0 Å². The van der Waals surface area contributed by atoms with Gasteiger partial charge in [0.1, 0.15) is 0 Å². The van der Waals surface area contributed by atoms with Crippen LogP contribution in [-0.2, 0) is 19.8 Å². The molecule has 0 bridgehead atoms. The van der Waals surface area contributed by atoms with E-state index in [0.29, 0.717) is 19.4 Å². The second-order valence-corrected chi connectivity index (χ2v) is 5.14. The van der Waals surface area contributed by atoms with E-state index in [4.69, 9.17) is 9.05 Å². The summed E-state index contributed by atoms with van der Waals surface area (Å²) in [6, 6.07) is 9.60. The molecular formula is C11H18LiO3P. The van der Waals surface area contributed by atoms with Gasteiger partial charge in [0.05, 0.1) is 19.4 Å². The average molecular weight is 236 g/mol. The van der Waals surface area contributed by atoms with Crippen molar-refractivity contribution in [2.75, 3.05) is 13.2 Å². The van der Waals surface area contributed by atoms with E-state index in [9.17, 15) is 4.57 Å². The van der Waals surface area contributed by atoms with Crippen LogP contribution in [0, 0.1) is 0 Å². The summed E-state index contributed by atoms with van der Waals surface area (Å²) in [4.78, 5) is 0. The maximum atomic E-state index is 12.1. The zero-order chi connectivity index (χ0) is 11.1. The van der Waals surface area contributed by atoms with Gasteiger partial charge in [-0.15, -0.1) is 0 Å². The summed E-state index contributed by atoms with van der Waals surface area (Å²) in [5.74, 6) is 0. The Hall–Kier alpha value is -0.0326. The summed E-state index contributed by atoms with van der Waals surface area (Å²) in [7, 11) is -2.94. The first-order valence-electron chi connectivity index (χ1n) is 5.12. The van der Waals surface area contributed by atoms with Gasteiger partial charge in [-0.3, -0.25) is 4.57 Å². The van der Waals surface area contributed by atoms with E-state index in [1.807, 2.05) is 44.2 Å². The quantitative estimate of drug-likeness (QED) is 0.562. The zero-order valence-electron chi connectivity index (χ0n) is 9.18. The van der Waals surface area contributed by atoms with Crippen LogP contribution in [0.2, 0.25) is 0 Å². The van der Waals surface area contributed by atoms with Crippen molar-refractivity contribution in [1.82, 2.24) is 0 Å². The minimum atomic E-state index is -2.94. The second-order valence-electron chi connectivity index (χ2n) is 3.09. The molecule has 0 aliphatic carbocycles. The first-order chi connectivity index (χ1) is 7.20. The minimum absolute atomic E-state index is 0. The van der Waals surface area contributed by atoms with Crippen LogP contribution < -0.4 is 0 Å². The molecule has 0 radical (unpaired) electrons. The molecule has 3 nitrogen and oxygen atoms in total. The maximum absolute atomic E-state index is 12.1. The molecule has 0 aliphatic rings. The van der Waals surface area contributed by atoms with Crippen LogP contribution in [0.3, 0.4) is 0 Å². The first-order valence-corrected chi connectivity index (χ1v) is 6.85. The summed E-state index contributed by atoms with van der Waals surface area (Å²) < 4.78 is 22.6. The Kier molecular flexibility index (Phi) is 8.10. The molecule has 0 aliphatic heterocycles. The monoisotopic (exact) mass is 236 g/mol. The molecule has 5 heteroatoms. The van der Waals surface area contributed by atoms with E-state index in [1.54, 1.807) is 0 Å². The van der Waals surface area contributed by atoms with Gasteiger partial charge in [-0.25, -0.2) is 0 Å². The SMILES string of the molecule is CCOP(=O)(Cc1ccccc1)OCC.[LiH]. The van der Waals surface area contributed by atoms with Gasteiger partial charge < -0.3 is 9.05 Å². The molecule has 1 aromatic rings. The van der Waals surface area contributed by atoms with E-state index in [-0.39, 0.29) is 18.9 Å². The Morgan fingerprint density at radius 2 is 1.56 bits per heavy atom. The normalized spacial score (nSPS) is 10.9. The van der Waals surface area contributed by atoms with Crippen LogP contribution in [0.15, 0.2) is 30.3 Å². The van der Waals surface area contributed by atoms with Gasteiger partial charge >= 0.3 is 26.5 Å². The summed E-state index contributed by atoms with van der Waals surface area (Å²) >= 11 is 0. The Morgan fingerprint density at radius 3 is 2.00 bits per heavy atom. The van der Waals surface area contributed by atoms with Crippen molar-refractivity contribution < 1.29 is 13.6 Å². The van der Waals surface area contributed by atoms with Crippen molar-refractivity contribution in [1.29, 1.82) is 0 Å². The van der Waals surface area contributed by atoms with Crippen LogP contribution in [0.25, 0.3) is 0 Å². The molecule has 0 saturated heterocycles. The summed E-state index contributed by atoms with van der Waals surface area (Å²) in [6.45, 7) is 4.45. The molecule has 0 spiro atoms. The Bertz CT molecular complexity index is 319. The van der Waals surface area contributed by atoms with Crippen LogP contribution >= 0.6 is 7.60 Å². The number of hydrogen-bond donors (Lipinski definition) is 0. The van der Waals surface area contributed by atoms with E-state index in [1.165, 1.54) is 0 Å². The molecule has 1 rings (SSSR count). The van der Waals surface area contributed by atoms with Crippen molar-refractivity contribution in [3.63, 3.8) is 0 Å². The van der Waals surface area contributed by atoms with Crippen LogP contribution in [0.1, 0.15) is 19.4 Å². The number of hydrogen-bond acceptors (Lipinski definition) is 3. The predicted octanol–water partition coefficient (Wildman–Crippen LogP) is 2.80. The predicted molar refractivity (Wildman–Crippen MR) is 68.2 cm³/mol. The first kappa shape index (κ1) is 16.0. The van der Waals surface area contributed by atoms with Crippen LogP contribution in [0.5, 0.6) is 0 Å². The standard InChI is InChI=1S/C11H17O3P.Li.H/c1-3-13-15(12,14-4-2)10-11-8-6-5-7-9-11;;/h5-9H,3-4,10H2,1-2H3;;. The third-order valence-electron chi connectivity index (χ3n) is 1.87. The topological polar surface area (TPSA) is 35.5 Å². The molecule has 0 unspecified atom stereocenters. The second kappa shape index (κ2) is 8.12. The zero-order valence-corrected chi connectivity index (χ0v) is 10.1. The van der Waals surface area contributed by atoms with Gasteiger partial charge in [0.15, 0.2) is 0 Å². The Morgan fingerprint density at radius 1 is 1.06 bits per heavy atom. The molecule has 16 heavy (non-hydrogen) atoms. The van der Waals surface area contributed by atoms with Gasteiger partial charge in [0, 0.05) is 0 Å². The molecule has 1 aromatic carbocycles. The van der Waals surface area contributed by atoms with Crippen molar-refractivity contribution in [2.45, 2.75) is 20.0 Å².